The van der Waals surface area contributed by atoms with Crippen molar-refractivity contribution in [1.29, 1.82) is 0 Å². The molecule has 2 aliphatic rings. The number of methoxy groups -OCH3 is 1. The summed E-state index contributed by atoms with van der Waals surface area (Å²) in [6, 6.07) is 2.67. The number of anilines is 1. The molecule has 0 amide bonds. The van der Waals surface area contributed by atoms with Gasteiger partial charge in [-0.25, -0.2) is 0 Å². The van der Waals surface area contributed by atoms with E-state index in [0.717, 1.165) is 51.4 Å². The lowest BCUT2D eigenvalue weighted by atomic mass is 9.94. The van der Waals surface area contributed by atoms with E-state index in [4.69, 9.17) is 9.47 Å². The van der Waals surface area contributed by atoms with E-state index in [1.165, 1.54) is 22.4 Å². The molecule has 1 atom stereocenters. The van der Waals surface area contributed by atoms with Crippen molar-refractivity contribution in [1.82, 2.24) is 5.32 Å². The molecule has 0 saturated heterocycles. The van der Waals surface area contributed by atoms with Gasteiger partial charge in [-0.15, -0.1) is 0 Å². The Morgan fingerprint density at radius 1 is 1.38 bits per heavy atom. The van der Waals surface area contributed by atoms with Gasteiger partial charge in [-0.1, -0.05) is 0 Å². The SMILES string of the molecule is COCCN1c2c(cc3c(c2C)CCNCC3)OC[C@H]1C. The number of benzene rings is 1. The minimum atomic E-state index is 0.397. The van der Waals surface area contributed by atoms with E-state index in [1.807, 2.05) is 0 Å². The summed E-state index contributed by atoms with van der Waals surface area (Å²) in [4.78, 5) is 2.45. The Balaban J connectivity index is 2.03. The molecule has 3 rings (SSSR count). The van der Waals surface area contributed by atoms with Crippen molar-refractivity contribution in [3.63, 3.8) is 0 Å². The highest BCUT2D eigenvalue weighted by Gasteiger charge is 2.28. The molecule has 0 bridgehead atoms. The van der Waals surface area contributed by atoms with Gasteiger partial charge in [0.15, 0.2) is 0 Å². The van der Waals surface area contributed by atoms with Crippen molar-refractivity contribution in [3.05, 3.63) is 22.8 Å². The molecule has 21 heavy (non-hydrogen) atoms. The average molecular weight is 290 g/mol. The first-order chi connectivity index (χ1) is 10.2. The summed E-state index contributed by atoms with van der Waals surface area (Å²) in [6.45, 7) is 9.05. The molecule has 2 aliphatic heterocycles. The molecule has 0 aliphatic carbocycles. The van der Waals surface area contributed by atoms with Crippen LogP contribution in [-0.2, 0) is 17.6 Å². The van der Waals surface area contributed by atoms with E-state index in [-0.39, 0.29) is 0 Å². The highest BCUT2D eigenvalue weighted by Crippen LogP contribution is 2.40. The smallest absolute Gasteiger partial charge is 0.143 e. The van der Waals surface area contributed by atoms with Crippen LogP contribution in [0, 0.1) is 6.92 Å². The Kier molecular flexibility index (Phi) is 4.36. The van der Waals surface area contributed by atoms with Crippen LogP contribution in [0.15, 0.2) is 6.07 Å². The van der Waals surface area contributed by atoms with Crippen LogP contribution in [0.1, 0.15) is 23.6 Å². The van der Waals surface area contributed by atoms with Crippen LogP contribution in [-0.4, -0.2) is 46.0 Å². The number of fused-ring (bicyclic) bond motifs is 2. The van der Waals surface area contributed by atoms with Crippen molar-refractivity contribution in [2.75, 3.05) is 44.9 Å². The number of hydrogen-bond acceptors (Lipinski definition) is 4. The molecule has 116 valence electrons. The van der Waals surface area contributed by atoms with Crippen LogP contribution in [0.25, 0.3) is 0 Å². The molecule has 0 unspecified atom stereocenters. The van der Waals surface area contributed by atoms with Crippen LogP contribution in [0.3, 0.4) is 0 Å². The van der Waals surface area contributed by atoms with Crippen molar-refractivity contribution < 1.29 is 9.47 Å². The van der Waals surface area contributed by atoms with Crippen molar-refractivity contribution in [3.8, 4) is 5.75 Å². The third kappa shape index (κ3) is 2.74. The maximum atomic E-state index is 6.03. The van der Waals surface area contributed by atoms with Crippen molar-refractivity contribution in [2.24, 2.45) is 0 Å². The Labute approximate surface area is 127 Å². The molecular formula is C17H26N2O2. The first-order valence-electron chi connectivity index (χ1n) is 7.96. The highest BCUT2D eigenvalue weighted by atomic mass is 16.5. The van der Waals surface area contributed by atoms with Crippen LogP contribution in [0.2, 0.25) is 0 Å². The summed E-state index contributed by atoms with van der Waals surface area (Å²) in [5, 5.41) is 3.49. The fourth-order valence-electron chi connectivity index (χ4n) is 3.52. The summed E-state index contributed by atoms with van der Waals surface area (Å²) in [6.07, 6.45) is 2.21. The van der Waals surface area contributed by atoms with Gasteiger partial charge >= 0.3 is 0 Å². The Hall–Kier alpha value is -1.26. The van der Waals surface area contributed by atoms with Gasteiger partial charge in [0.2, 0.25) is 0 Å². The van der Waals surface area contributed by atoms with Crippen molar-refractivity contribution >= 4 is 5.69 Å². The zero-order valence-electron chi connectivity index (χ0n) is 13.4. The topological polar surface area (TPSA) is 33.7 Å². The second-order valence-electron chi connectivity index (χ2n) is 6.08. The van der Waals surface area contributed by atoms with Gasteiger partial charge in [-0.2, -0.15) is 0 Å². The van der Waals surface area contributed by atoms with Crippen LogP contribution >= 0.6 is 0 Å². The van der Waals surface area contributed by atoms with Gasteiger partial charge in [-0.05, 0) is 62.5 Å². The molecule has 0 spiro atoms. The second kappa shape index (κ2) is 6.24. The highest BCUT2D eigenvalue weighted by molar-refractivity contribution is 5.69. The van der Waals surface area contributed by atoms with Gasteiger partial charge in [0.1, 0.15) is 12.4 Å². The lowest BCUT2D eigenvalue weighted by Crippen LogP contribution is -2.43. The number of nitrogens with one attached hydrogen (secondary N) is 1. The number of rotatable bonds is 3. The third-order valence-corrected chi connectivity index (χ3v) is 4.69. The predicted octanol–water partition coefficient (Wildman–Crippen LogP) is 1.92. The summed E-state index contributed by atoms with van der Waals surface area (Å²) in [7, 11) is 1.77. The van der Waals surface area contributed by atoms with Crippen LogP contribution in [0.5, 0.6) is 5.75 Å². The summed E-state index contributed by atoms with van der Waals surface area (Å²) in [5.41, 5.74) is 5.65. The van der Waals surface area contributed by atoms with E-state index in [0.29, 0.717) is 6.04 Å². The standard InChI is InChI=1S/C17H26N2O2/c1-12-11-21-16-10-14-4-6-18-7-5-15(14)13(2)17(16)19(12)8-9-20-3/h10,12,18H,4-9,11H2,1-3H3/t12-/m1/s1. The Morgan fingerprint density at radius 3 is 3.00 bits per heavy atom. The van der Waals surface area contributed by atoms with Crippen LogP contribution in [0.4, 0.5) is 5.69 Å². The van der Waals surface area contributed by atoms with E-state index < -0.39 is 0 Å². The molecule has 1 aromatic carbocycles. The fourth-order valence-corrected chi connectivity index (χ4v) is 3.52. The molecule has 0 radical (unpaired) electrons. The second-order valence-corrected chi connectivity index (χ2v) is 6.08. The summed E-state index contributed by atoms with van der Waals surface area (Å²) < 4.78 is 11.3. The number of nitrogens with zero attached hydrogens (tertiary/aromatic N) is 1. The predicted molar refractivity (Wildman–Crippen MR) is 85.6 cm³/mol. The molecule has 1 N–H and O–H groups in total. The van der Waals surface area contributed by atoms with Crippen LogP contribution < -0.4 is 15.0 Å². The lowest BCUT2D eigenvalue weighted by Gasteiger charge is -2.39. The maximum absolute atomic E-state index is 6.03. The van der Waals surface area contributed by atoms with E-state index in [2.05, 4.69) is 30.1 Å². The molecule has 0 aromatic heterocycles. The van der Waals surface area contributed by atoms with Gasteiger partial charge in [-0.3, -0.25) is 0 Å². The molecule has 0 fully saturated rings. The van der Waals surface area contributed by atoms with E-state index >= 15 is 0 Å². The van der Waals surface area contributed by atoms with Gasteiger partial charge < -0.3 is 19.7 Å². The van der Waals surface area contributed by atoms with Gasteiger partial charge in [0, 0.05) is 13.7 Å². The zero-order valence-corrected chi connectivity index (χ0v) is 13.4. The number of hydrogen-bond donors (Lipinski definition) is 1. The van der Waals surface area contributed by atoms with Gasteiger partial charge in [0.25, 0.3) is 0 Å². The zero-order chi connectivity index (χ0) is 14.8. The van der Waals surface area contributed by atoms with E-state index in [9.17, 15) is 0 Å². The third-order valence-electron chi connectivity index (χ3n) is 4.69. The summed E-state index contributed by atoms with van der Waals surface area (Å²) >= 11 is 0. The fraction of sp³-hybridized carbons (Fsp3) is 0.647. The Morgan fingerprint density at radius 2 is 2.19 bits per heavy atom. The average Bonchev–Trinajstić information content (AvgIpc) is 2.72. The molecule has 0 saturated carbocycles. The molecule has 2 heterocycles. The quantitative estimate of drug-likeness (QED) is 0.922. The van der Waals surface area contributed by atoms with E-state index in [1.54, 1.807) is 7.11 Å². The van der Waals surface area contributed by atoms with Gasteiger partial charge in [0.05, 0.1) is 18.3 Å². The lowest BCUT2D eigenvalue weighted by molar-refractivity contribution is 0.195. The molecule has 4 nitrogen and oxygen atoms in total. The minimum Gasteiger partial charge on any atom is -0.489 e. The molecule has 4 heteroatoms. The largest absolute Gasteiger partial charge is 0.489 e. The van der Waals surface area contributed by atoms with Crippen molar-refractivity contribution in [2.45, 2.75) is 32.7 Å². The minimum absolute atomic E-state index is 0.397. The Bertz CT molecular complexity index is 516. The maximum Gasteiger partial charge on any atom is 0.143 e. The molecule has 1 aromatic rings. The normalized spacial score (nSPS) is 21.3. The first-order valence-corrected chi connectivity index (χ1v) is 7.96. The monoisotopic (exact) mass is 290 g/mol. The number of ether oxygens (including phenoxy) is 2. The molecular weight excluding hydrogens is 264 g/mol. The summed E-state index contributed by atoms with van der Waals surface area (Å²) in [5.74, 6) is 1.06. The first kappa shape index (κ1) is 14.7.